The predicted molar refractivity (Wildman–Crippen MR) is 86.8 cm³/mol. The summed E-state index contributed by atoms with van der Waals surface area (Å²) in [4.78, 5) is 0. The van der Waals surface area contributed by atoms with E-state index in [9.17, 15) is 43.9 Å². The largest absolute Gasteiger partial charge is 0.508 e. The van der Waals surface area contributed by atoms with Crippen LogP contribution < -0.4 is 4.74 Å². The Balaban J connectivity index is 0.000000303. The van der Waals surface area contributed by atoms with E-state index in [4.69, 9.17) is 10.2 Å². The number of hydrogen-bond donors (Lipinski definition) is 2. The van der Waals surface area contributed by atoms with Gasteiger partial charge >= 0.3 is 6.11 Å². The average molecular weight is 474 g/mol. The lowest BCUT2D eigenvalue weighted by Gasteiger charge is -2.19. The zero-order valence-electron chi connectivity index (χ0n) is 15.0. The average Bonchev–Trinajstić information content (AvgIpc) is 2.63. The van der Waals surface area contributed by atoms with E-state index in [1.807, 2.05) is 0 Å². The van der Waals surface area contributed by atoms with Gasteiger partial charge in [-0.2, -0.15) is 8.78 Å². The summed E-state index contributed by atoms with van der Waals surface area (Å²) in [6.45, 7) is 0. The third-order valence-corrected chi connectivity index (χ3v) is 3.49. The van der Waals surface area contributed by atoms with Crippen molar-refractivity contribution in [2.45, 2.75) is 6.11 Å². The zero-order valence-corrected chi connectivity index (χ0v) is 15.0. The van der Waals surface area contributed by atoms with Gasteiger partial charge in [0.1, 0.15) is 34.4 Å². The highest BCUT2D eigenvalue weighted by molar-refractivity contribution is 5.33. The molecule has 0 aliphatic carbocycles. The Kier molecular flexibility index (Phi) is 7.11. The van der Waals surface area contributed by atoms with E-state index in [2.05, 4.69) is 4.74 Å². The van der Waals surface area contributed by atoms with Crippen LogP contribution in [0.4, 0.5) is 43.9 Å². The third-order valence-electron chi connectivity index (χ3n) is 3.49. The monoisotopic (exact) mass is 474 g/mol. The molecule has 3 aromatic carbocycles. The smallest absolute Gasteiger partial charge is 0.432 e. The number of aromatic hydroxyl groups is 2. The van der Waals surface area contributed by atoms with E-state index >= 15 is 0 Å². The van der Waals surface area contributed by atoms with Crippen molar-refractivity contribution in [3.63, 3.8) is 0 Å². The topological polar surface area (TPSA) is 49.7 Å². The highest BCUT2D eigenvalue weighted by atomic mass is 19.3. The third kappa shape index (κ3) is 5.53. The molecule has 3 rings (SSSR count). The van der Waals surface area contributed by atoms with Gasteiger partial charge in [-0.25, -0.2) is 35.1 Å². The molecule has 0 heterocycles. The van der Waals surface area contributed by atoms with Crippen LogP contribution in [0.1, 0.15) is 5.56 Å². The van der Waals surface area contributed by atoms with Crippen LogP contribution in [0.15, 0.2) is 36.4 Å². The van der Waals surface area contributed by atoms with Crippen LogP contribution in [0.25, 0.3) is 0 Å². The van der Waals surface area contributed by atoms with Crippen molar-refractivity contribution in [2.75, 3.05) is 0 Å². The summed E-state index contributed by atoms with van der Waals surface area (Å²) in [6, 6.07) is 1.56. The lowest BCUT2D eigenvalue weighted by molar-refractivity contribution is -0.189. The van der Waals surface area contributed by atoms with Gasteiger partial charge in [-0.05, 0) is 0 Å². The van der Waals surface area contributed by atoms with Gasteiger partial charge < -0.3 is 14.9 Å². The molecule has 2 N–H and O–H groups in total. The van der Waals surface area contributed by atoms with Crippen LogP contribution in [0.3, 0.4) is 0 Å². The van der Waals surface area contributed by atoms with Crippen molar-refractivity contribution in [3.8, 4) is 17.2 Å². The van der Waals surface area contributed by atoms with E-state index in [1.54, 1.807) is 0 Å². The maximum Gasteiger partial charge on any atom is 0.432 e. The Bertz CT molecular complexity index is 1080. The lowest BCUT2D eigenvalue weighted by Crippen LogP contribution is -2.25. The molecule has 0 amide bonds. The molecule has 3 nitrogen and oxygen atoms in total. The number of ether oxygens (including phenoxy) is 1. The van der Waals surface area contributed by atoms with Crippen LogP contribution in [0.2, 0.25) is 0 Å². The Morgan fingerprint density at radius 3 is 1.22 bits per heavy atom. The second kappa shape index (κ2) is 9.24. The summed E-state index contributed by atoms with van der Waals surface area (Å²) in [6.07, 6.45) is -4.67. The van der Waals surface area contributed by atoms with Gasteiger partial charge in [0.2, 0.25) is 0 Å². The highest BCUT2D eigenvalue weighted by Crippen LogP contribution is 2.37. The second-order valence-corrected chi connectivity index (χ2v) is 5.83. The molecule has 0 radical (unpaired) electrons. The maximum atomic E-state index is 13.7. The molecule has 0 fully saturated rings. The van der Waals surface area contributed by atoms with E-state index in [-0.39, 0.29) is 24.3 Å². The minimum Gasteiger partial charge on any atom is -0.508 e. The SMILES string of the molecule is Oc1cc(F)c(C(F)(F)Oc2cc(F)c(F)c(F)c2)c(F)c1.Oc1cc(F)c(F)c(F)c1. The Morgan fingerprint density at radius 1 is 0.531 bits per heavy atom. The minimum absolute atomic E-state index is 0.0859. The number of halogens is 10. The van der Waals surface area contributed by atoms with Gasteiger partial charge in [-0.1, -0.05) is 0 Å². The molecule has 0 aliphatic rings. The first-order valence-corrected chi connectivity index (χ1v) is 7.96. The maximum absolute atomic E-state index is 13.7. The van der Waals surface area contributed by atoms with Crippen LogP contribution in [0, 0.1) is 46.5 Å². The summed E-state index contributed by atoms with van der Waals surface area (Å²) in [5.74, 6) is -16.4. The van der Waals surface area contributed by atoms with Crippen molar-refractivity contribution >= 4 is 0 Å². The molecular weight excluding hydrogens is 466 g/mol. The fourth-order valence-corrected chi connectivity index (χ4v) is 2.17. The van der Waals surface area contributed by atoms with Gasteiger partial charge in [-0.15, -0.1) is 0 Å². The number of hydrogen-bond acceptors (Lipinski definition) is 3. The van der Waals surface area contributed by atoms with Crippen LogP contribution >= 0.6 is 0 Å². The Morgan fingerprint density at radius 2 is 0.844 bits per heavy atom. The Hall–Kier alpha value is -3.64. The standard InChI is InChI=1S/C13H5F7O2.C6H3F3O/c14-7-1-5(21)2-8(15)11(7)13(19,20)22-6-3-9(16)12(18)10(17)4-6;7-4-1-3(10)2-5(8)6(4)9/h1-4,21H;1-2,10H. The van der Waals surface area contributed by atoms with Crippen molar-refractivity contribution in [3.05, 3.63) is 88.5 Å². The Labute approximate surface area is 171 Å². The molecule has 13 heteroatoms. The summed E-state index contributed by atoms with van der Waals surface area (Å²) in [5, 5.41) is 17.3. The molecule has 0 aliphatic heterocycles. The first-order chi connectivity index (χ1) is 14.7. The van der Waals surface area contributed by atoms with Crippen LogP contribution in [0.5, 0.6) is 17.2 Å². The summed E-state index contributed by atoms with van der Waals surface area (Å²) >= 11 is 0. The van der Waals surface area contributed by atoms with E-state index < -0.39 is 75.5 Å². The molecule has 0 atom stereocenters. The van der Waals surface area contributed by atoms with Gasteiger partial charge in [0.05, 0.1) is 0 Å². The first-order valence-electron chi connectivity index (χ1n) is 7.96. The molecule has 172 valence electrons. The molecule has 0 aromatic heterocycles. The molecule has 0 spiro atoms. The minimum atomic E-state index is -4.67. The van der Waals surface area contributed by atoms with E-state index in [0.717, 1.165) is 0 Å². The molecule has 3 aromatic rings. The summed E-state index contributed by atoms with van der Waals surface area (Å²) in [5.41, 5.74) is -1.88. The van der Waals surface area contributed by atoms with Gasteiger partial charge in [-0.3, -0.25) is 0 Å². The van der Waals surface area contributed by atoms with Crippen LogP contribution in [-0.2, 0) is 6.11 Å². The van der Waals surface area contributed by atoms with E-state index in [0.29, 0.717) is 12.1 Å². The molecule has 0 bridgehead atoms. The fraction of sp³-hybridized carbons (Fsp3) is 0.0526. The number of alkyl halides is 2. The second-order valence-electron chi connectivity index (χ2n) is 5.83. The van der Waals surface area contributed by atoms with Crippen molar-refractivity contribution in [1.82, 2.24) is 0 Å². The number of rotatable bonds is 3. The summed E-state index contributed by atoms with van der Waals surface area (Å²) in [7, 11) is 0. The quantitative estimate of drug-likeness (QED) is 0.360. The molecule has 32 heavy (non-hydrogen) atoms. The molecule has 0 unspecified atom stereocenters. The normalized spacial score (nSPS) is 11.1. The molecular formula is C19H8F10O3. The first kappa shape index (κ1) is 24.6. The zero-order chi connectivity index (χ0) is 24.4. The highest BCUT2D eigenvalue weighted by Gasteiger charge is 2.41. The van der Waals surface area contributed by atoms with Gasteiger partial charge in [0.15, 0.2) is 34.9 Å². The lowest BCUT2D eigenvalue weighted by atomic mass is 10.1. The summed E-state index contributed by atoms with van der Waals surface area (Å²) < 4.78 is 133. The van der Waals surface area contributed by atoms with Crippen molar-refractivity contribution in [1.29, 1.82) is 0 Å². The van der Waals surface area contributed by atoms with Gasteiger partial charge in [0, 0.05) is 36.4 Å². The van der Waals surface area contributed by atoms with Crippen molar-refractivity contribution < 1.29 is 58.9 Å². The van der Waals surface area contributed by atoms with Crippen LogP contribution in [-0.4, -0.2) is 10.2 Å². The van der Waals surface area contributed by atoms with Crippen molar-refractivity contribution in [2.24, 2.45) is 0 Å². The molecule has 0 saturated carbocycles. The van der Waals surface area contributed by atoms with E-state index in [1.165, 1.54) is 0 Å². The number of phenols is 2. The predicted octanol–water partition coefficient (Wildman–Crippen LogP) is 6.03. The number of phenolic OH excluding ortho intramolecular Hbond substituents is 2. The fourth-order valence-electron chi connectivity index (χ4n) is 2.17. The molecule has 0 saturated heterocycles. The van der Waals surface area contributed by atoms with Gasteiger partial charge in [0.25, 0.3) is 0 Å². The number of benzene rings is 3.